The third kappa shape index (κ3) is 3.25. The van der Waals surface area contributed by atoms with Crippen LogP contribution in [-0.2, 0) is 0 Å². The molecule has 0 N–H and O–H groups in total. The van der Waals surface area contributed by atoms with Gasteiger partial charge in [0, 0.05) is 0 Å². The molecule has 23 heavy (non-hydrogen) atoms. The van der Waals surface area contributed by atoms with Gasteiger partial charge in [-0.1, -0.05) is 48.0 Å². The van der Waals surface area contributed by atoms with E-state index in [2.05, 4.69) is 12.1 Å². The van der Waals surface area contributed by atoms with E-state index in [1.807, 2.05) is 67.6 Å². The first-order chi connectivity index (χ1) is 11.2. The Hall–Kier alpha value is -3.05. The van der Waals surface area contributed by atoms with E-state index < -0.39 is 0 Å². The summed E-state index contributed by atoms with van der Waals surface area (Å²) < 4.78 is 5.25. The topological polar surface area (TPSA) is 33.0 Å². The summed E-state index contributed by atoms with van der Waals surface area (Å²) in [4.78, 5) is 0. The van der Waals surface area contributed by atoms with Crippen LogP contribution in [0, 0.1) is 18.3 Å². The van der Waals surface area contributed by atoms with Gasteiger partial charge in [0.05, 0.1) is 18.8 Å². The molecule has 0 bridgehead atoms. The third-order valence-electron chi connectivity index (χ3n) is 3.87. The van der Waals surface area contributed by atoms with Crippen LogP contribution in [-0.4, -0.2) is 7.11 Å². The smallest absolute Gasteiger partial charge is 0.119 e. The van der Waals surface area contributed by atoms with Gasteiger partial charge in [-0.05, 0) is 53.1 Å². The number of rotatable bonds is 3. The van der Waals surface area contributed by atoms with Crippen LogP contribution in [0.2, 0.25) is 0 Å². The molecule has 0 aliphatic carbocycles. The average Bonchev–Trinajstić information content (AvgIpc) is 2.60. The van der Waals surface area contributed by atoms with E-state index in [1.165, 1.54) is 5.56 Å². The summed E-state index contributed by atoms with van der Waals surface area (Å²) >= 11 is 0. The maximum Gasteiger partial charge on any atom is 0.119 e. The van der Waals surface area contributed by atoms with Crippen molar-refractivity contribution < 1.29 is 4.74 Å². The Kier molecular flexibility index (Phi) is 4.12. The van der Waals surface area contributed by atoms with E-state index in [-0.39, 0.29) is 0 Å². The lowest BCUT2D eigenvalue weighted by atomic mass is 10.0. The number of nitriles is 1. The molecule has 0 amide bonds. The molecule has 0 fully saturated rings. The van der Waals surface area contributed by atoms with Gasteiger partial charge in [-0.15, -0.1) is 0 Å². The minimum Gasteiger partial charge on any atom is -0.497 e. The molecule has 0 aliphatic heterocycles. The predicted molar refractivity (Wildman–Crippen MR) is 95.2 cm³/mol. The Morgan fingerprint density at radius 3 is 2.35 bits per heavy atom. The van der Waals surface area contributed by atoms with Gasteiger partial charge in [-0.3, -0.25) is 0 Å². The summed E-state index contributed by atoms with van der Waals surface area (Å²) in [5.74, 6) is 0.846. The molecule has 0 aliphatic rings. The van der Waals surface area contributed by atoms with Crippen molar-refractivity contribution in [1.82, 2.24) is 0 Å². The second-order valence-corrected chi connectivity index (χ2v) is 5.51. The molecular weight excluding hydrogens is 282 g/mol. The van der Waals surface area contributed by atoms with Crippen molar-refractivity contribution in [2.75, 3.05) is 7.11 Å². The van der Waals surface area contributed by atoms with E-state index in [1.54, 1.807) is 7.11 Å². The van der Waals surface area contributed by atoms with E-state index in [9.17, 15) is 5.26 Å². The predicted octanol–water partition coefficient (Wildman–Crippen LogP) is 5.22. The number of fused-ring (bicyclic) bond motifs is 1. The lowest BCUT2D eigenvalue weighted by Crippen LogP contribution is -1.84. The Bertz CT molecular complexity index is 915. The largest absolute Gasteiger partial charge is 0.497 e. The number of ether oxygens (including phenoxy) is 1. The van der Waals surface area contributed by atoms with Crippen molar-refractivity contribution in [1.29, 1.82) is 5.26 Å². The molecule has 0 radical (unpaired) electrons. The number of methoxy groups -OCH3 is 1. The van der Waals surface area contributed by atoms with Crippen molar-refractivity contribution in [2.45, 2.75) is 6.92 Å². The zero-order valence-electron chi connectivity index (χ0n) is 13.2. The Morgan fingerprint density at radius 2 is 1.65 bits per heavy atom. The fraction of sp³-hybridized carbons (Fsp3) is 0.0952. The molecule has 0 spiro atoms. The zero-order valence-corrected chi connectivity index (χ0v) is 13.2. The highest BCUT2D eigenvalue weighted by atomic mass is 16.5. The van der Waals surface area contributed by atoms with Gasteiger partial charge in [-0.2, -0.15) is 5.26 Å². The maximum absolute atomic E-state index is 9.46. The summed E-state index contributed by atoms with van der Waals surface area (Å²) in [6.45, 7) is 2.04. The second-order valence-electron chi connectivity index (χ2n) is 5.51. The highest BCUT2D eigenvalue weighted by Crippen LogP contribution is 2.24. The van der Waals surface area contributed by atoms with Crippen molar-refractivity contribution in [3.63, 3.8) is 0 Å². The lowest BCUT2D eigenvalue weighted by Gasteiger charge is -2.05. The van der Waals surface area contributed by atoms with Crippen LogP contribution in [0.15, 0.2) is 60.7 Å². The molecule has 0 saturated carbocycles. The Morgan fingerprint density at radius 1 is 0.957 bits per heavy atom. The van der Waals surface area contributed by atoms with Crippen LogP contribution < -0.4 is 4.74 Å². The lowest BCUT2D eigenvalue weighted by molar-refractivity contribution is 0.415. The summed E-state index contributed by atoms with van der Waals surface area (Å²) in [7, 11) is 1.67. The van der Waals surface area contributed by atoms with Gasteiger partial charge in [0.15, 0.2) is 0 Å². The van der Waals surface area contributed by atoms with Crippen molar-refractivity contribution in [3.8, 4) is 11.8 Å². The molecule has 0 unspecified atom stereocenters. The standard InChI is InChI=1S/C21H17NO/c1-15-3-6-17(7-4-15)20(14-22)12-16-5-8-19-13-21(23-2)10-9-18(19)11-16/h3-13H,1-2H3/b20-12-. The fourth-order valence-corrected chi connectivity index (χ4v) is 2.54. The summed E-state index contributed by atoms with van der Waals surface area (Å²) in [6, 6.07) is 22.4. The van der Waals surface area contributed by atoms with Crippen LogP contribution in [0.1, 0.15) is 16.7 Å². The SMILES string of the molecule is COc1ccc2cc(/C=C(/C#N)c3ccc(C)cc3)ccc2c1. The van der Waals surface area contributed by atoms with E-state index in [0.29, 0.717) is 5.57 Å². The molecule has 2 nitrogen and oxygen atoms in total. The average molecular weight is 299 g/mol. The highest BCUT2D eigenvalue weighted by Gasteiger charge is 2.02. The molecule has 0 saturated heterocycles. The van der Waals surface area contributed by atoms with Gasteiger partial charge in [0.1, 0.15) is 5.75 Å². The van der Waals surface area contributed by atoms with Crippen LogP contribution in [0.3, 0.4) is 0 Å². The van der Waals surface area contributed by atoms with Gasteiger partial charge in [0.2, 0.25) is 0 Å². The van der Waals surface area contributed by atoms with E-state index >= 15 is 0 Å². The quantitative estimate of drug-likeness (QED) is 0.490. The monoisotopic (exact) mass is 299 g/mol. The minimum absolute atomic E-state index is 0.665. The molecule has 2 heteroatoms. The highest BCUT2D eigenvalue weighted by molar-refractivity contribution is 5.93. The molecule has 3 aromatic rings. The summed E-state index contributed by atoms with van der Waals surface area (Å²) in [6.07, 6.45) is 1.92. The maximum atomic E-state index is 9.46. The molecule has 0 aromatic heterocycles. The van der Waals surface area contributed by atoms with Crippen molar-refractivity contribution in [3.05, 3.63) is 77.4 Å². The van der Waals surface area contributed by atoms with Crippen molar-refractivity contribution in [2.24, 2.45) is 0 Å². The summed E-state index contributed by atoms with van der Waals surface area (Å²) in [5, 5.41) is 11.7. The molecule has 3 aromatic carbocycles. The van der Waals surface area contributed by atoms with Crippen LogP contribution in [0.4, 0.5) is 0 Å². The molecule has 0 atom stereocenters. The van der Waals surface area contributed by atoms with Crippen LogP contribution in [0.5, 0.6) is 5.75 Å². The first kappa shape index (κ1) is 14.9. The Labute approximate surface area is 136 Å². The fourth-order valence-electron chi connectivity index (χ4n) is 2.54. The number of hydrogen-bond acceptors (Lipinski definition) is 2. The van der Waals surface area contributed by atoms with E-state index in [0.717, 1.165) is 27.6 Å². The normalized spacial score (nSPS) is 11.3. The van der Waals surface area contributed by atoms with Crippen LogP contribution >= 0.6 is 0 Å². The number of hydrogen-bond donors (Lipinski definition) is 0. The number of aryl methyl sites for hydroxylation is 1. The van der Waals surface area contributed by atoms with E-state index in [4.69, 9.17) is 4.74 Å². The Balaban J connectivity index is 2.01. The minimum atomic E-state index is 0.665. The molecule has 3 rings (SSSR count). The molecule has 112 valence electrons. The second kappa shape index (κ2) is 6.37. The molecular formula is C21H17NO. The zero-order chi connectivity index (χ0) is 16.2. The first-order valence-electron chi connectivity index (χ1n) is 7.46. The first-order valence-corrected chi connectivity index (χ1v) is 7.46. The third-order valence-corrected chi connectivity index (χ3v) is 3.87. The van der Waals surface area contributed by atoms with Crippen molar-refractivity contribution >= 4 is 22.4 Å². The summed E-state index contributed by atoms with van der Waals surface area (Å²) in [5.41, 5.74) is 3.80. The number of nitrogens with zero attached hydrogens (tertiary/aromatic N) is 1. The van der Waals surface area contributed by atoms with Gasteiger partial charge in [-0.25, -0.2) is 0 Å². The number of benzene rings is 3. The number of allylic oxidation sites excluding steroid dienone is 1. The van der Waals surface area contributed by atoms with Gasteiger partial charge >= 0.3 is 0 Å². The van der Waals surface area contributed by atoms with Gasteiger partial charge in [0.25, 0.3) is 0 Å². The van der Waals surface area contributed by atoms with Crippen LogP contribution in [0.25, 0.3) is 22.4 Å². The van der Waals surface area contributed by atoms with Gasteiger partial charge < -0.3 is 4.74 Å². The molecule has 0 heterocycles.